The van der Waals surface area contributed by atoms with Gasteiger partial charge < -0.3 is 25.0 Å². The van der Waals surface area contributed by atoms with Gasteiger partial charge in [-0.1, -0.05) is 6.07 Å². The summed E-state index contributed by atoms with van der Waals surface area (Å²) in [6, 6.07) is 6.96. The number of rotatable bonds is 6. The lowest BCUT2D eigenvalue weighted by Crippen LogP contribution is -2.29. The van der Waals surface area contributed by atoms with Crippen LogP contribution in [0.25, 0.3) is 11.3 Å². The smallest absolute Gasteiger partial charge is 0.185 e. The van der Waals surface area contributed by atoms with Crippen molar-refractivity contribution in [1.82, 2.24) is 9.97 Å². The van der Waals surface area contributed by atoms with Crippen LogP contribution in [0.2, 0.25) is 0 Å². The fourth-order valence-electron chi connectivity index (χ4n) is 3.29. The molecule has 1 fully saturated rings. The van der Waals surface area contributed by atoms with Crippen LogP contribution in [0.3, 0.4) is 0 Å². The summed E-state index contributed by atoms with van der Waals surface area (Å²) >= 11 is 0. The maximum absolute atomic E-state index is 14.3. The Hall–Kier alpha value is -3.05. The average Bonchev–Trinajstić information content (AvgIpc) is 2.80. The number of hydrogen-bond acceptors (Lipinski definition) is 7. The molecule has 7 nitrogen and oxygen atoms in total. The van der Waals surface area contributed by atoms with Crippen molar-refractivity contribution >= 4 is 5.69 Å². The first-order valence-electron chi connectivity index (χ1n) is 9.81. The number of benzene rings is 1. The second-order valence-corrected chi connectivity index (χ2v) is 7.22. The van der Waals surface area contributed by atoms with E-state index < -0.39 is 41.2 Å². The van der Waals surface area contributed by atoms with Crippen molar-refractivity contribution in [2.24, 2.45) is 5.92 Å². The summed E-state index contributed by atoms with van der Waals surface area (Å²) in [4.78, 5) is 7.96. The summed E-state index contributed by atoms with van der Waals surface area (Å²) in [5, 5.41) is 22.6. The number of nitrogens with one attached hydrogen (secondary N) is 1. The van der Waals surface area contributed by atoms with E-state index in [-0.39, 0.29) is 18.2 Å². The SMILES string of the molecule is OCC1COC(c2ccncc2NC(O)c2ccc(F)c(-c3c(F)cccc3F)n2)OC1. The molecule has 3 N–H and O–H groups in total. The number of halogens is 3. The molecule has 1 aliphatic rings. The molecule has 0 spiro atoms. The summed E-state index contributed by atoms with van der Waals surface area (Å²) in [5.74, 6) is -3.01. The Bertz CT molecular complexity index is 1070. The van der Waals surface area contributed by atoms with E-state index in [1.54, 1.807) is 6.07 Å². The van der Waals surface area contributed by atoms with Crippen LogP contribution in [0.4, 0.5) is 18.9 Å². The highest BCUT2D eigenvalue weighted by Gasteiger charge is 2.26. The number of pyridine rings is 2. The zero-order valence-electron chi connectivity index (χ0n) is 16.7. The third kappa shape index (κ3) is 4.58. The van der Waals surface area contributed by atoms with Crippen LogP contribution < -0.4 is 5.32 Å². The molecular weight excluding hydrogens is 427 g/mol. The van der Waals surface area contributed by atoms with Gasteiger partial charge in [0.05, 0.1) is 43.0 Å². The van der Waals surface area contributed by atoms with Crippen LogP contribution in [0.1, 0.15) is 23.8 Å². The molecule has 3 aromatic rings. The third-order valence-electron chi connectivity index (χ3n) is 4.97. The summed E-state index contributed by atoms with van der Waals surface area (Å²) in [7, 11) is 0. The van der Waals surface area contributed by atoms with Crippen molar-refractivity contribution < 1.29 is 32.9 Å². The van der Waals surface area contributed by atoms with E-state index in [0.29, 0.717) is 24.5 Å². The highest BCUT2D eigenvalue weighted by Crippen LogP contribution is 2.32. The molecule has 1 unspecified atom stereocenters. The molecule has 0 saturated carbocycles. The highest BCUT2D eigenvalue weighted by molar-refractivity contribution is 5.62. The molecular formula is C22H20F3N3O4. The van der Waals surface area contributed by atoms with E-state index in [4.69, 9.17) is 9.47 Å². The molecule has 1 aliphatic heterocycles. The molecule has 1 saturated heterocycles. The van der Waals surface area contributed by atoms with E-state index in [1.165, 1.54) is 18.5 Å². The van der Waals surface area contributed by atoms with Crippen molar-refractivity contribution in [3.05, 3.63) is 77.5 Å². The van der Waals surface area contributed by atoms with Crippen molar-refractivity contribution in [2.75, 3.05) is 25.1 Å². The molecule has 0 aliphatic carbocycles. The minimum Gasteiger partial charge on any atom is -0.396 e. The Morgan fingerprint density at radius 1 is 1.03 bits per heavy atom. The number of aromatic nitrogens is 2. The second kappa shape index (κ2) is 9.61. The Balaban J connectivity index is 1.59. The first-order chi connectivity index (χ1) is 15.5. The maximum atomic E-state index is 14.3. The fraction of sp³-hybridized carbons (Fsp3) is 0.273. The predicted molar refractivity (Wildman–Crippen MR) is 108 cm³/mol. The van der Waals surface area contributed by atoms with Crippen LogP contribution in [-0.2, 0) is 9.47 Å². The van der Waals surface area contributed by atoms with E-state index in [0.717, 1.165) is 24.3 Å². The quantitative estimate of drug-likeness (QED) is 0.499. The number of aliphatic hydroxyl groups excluding tert-OH is 2. The van der Waals surface area contributed by atoms with Gasteiger partial charge in [-0.25, -0.2) is 18.2 Å². The van der Waals surface area contributed by atoms with Crippen LogP contribution in [0.15, 0.2) is 48.8 Å². The lowest BCUT2D eigenvalue weighted by Gasteiger charge is -2.30. The number of nitrogens with zero attached hydrogens (tertiary/aromatic N) is 2. The van der Waals surface area contributed by atoms with Gasteiger partial charge in [-0.2, -0.15) is 0 Å². The molecule has 10 heteroatoms. The maximum Gasteiger partial charge on any atom is 0.185 e. The summed E-state index contributed by atoms with van der Waals surface area (Å²) < 4.78 is 53.8. The lowest BCUT2D eigenvalue weighted by atomic mass is 10.1. The van der Waals surface area contributed by atoms with Crippen LogP contribution in [0.5, 0.6) is 0 Å². The number of anilines is 1. The standard InChI is InChI=1S/C22H20F3N3O4/c23-14-2-1-3-15(24)19(14)20-16(25)4-5-17(27-20)21(30)28-18-8-26-7-6-13(18)22-31-10-12(9-29)11-32-22/h1-8,12,21-22,28-30H,9-11H2. The van der Waals surface area contributed by atoms with Crippen LogP contribution in [0, 0.1) is 23.4 Å². The zero-order valence-corrected chi connectivity index (χ0v) is 16.7. The highest BCUT2D eigenvalue weighted by atomic mass is 19.1. The largest absolute Gasteiger partial charge is 0.396 e. The number of ether oxygens (including phenoxy) is 2. The molecule has 2 aromatic heterocycles. The van der Waals surface area contributed by atoms with Crippen molar-refractivity contribution in [3.63, 3.8) is 0 Å². The third-order valence-corrected chi connectivity index (χ3v) is 4.97. The molecule has 168 valence electrons. The van der Waals surface area contributed by atoms with Crippen molar-refractivity contribution in [1.29, 1.82) is 0 Å². The van der Waals surface area contributed by atoms with Gasteiger partial charge in [0.2, 0.25) is 0 Å². The molecule has 0 bridgehead atoms. The van der Waals surface area contributed by atoms with E-state index in [9.17, 15) is 23.4 Å². The van der Waals surface area contributed by atoms with Gasteiger partial charge in [-0.15, -0.1) is 0 Å². The molecule has 3 heterocycles. The molecule has 1 atom stereocenters. The summed E-state index contributed by atoms with van der Waals surface area (Å²) in [5.41, 5.74) is -0.345. The van der Waals surface area contributed by atoms with Gasteiger partial charge in [0, 0.05) is 17.7 Å². The fourth-order valence-corrected chi connectivity index (χ4v) is 3.29. The molecule has 32 heavy (non-hydrogen) atoms. The average molecular weight is 447 g/mol. The van der Waals surface area contributed by atoms with Crippen LogP contribution in [-0.4, -0.2) is 40.0 Å². The van der Waals surface area contributed by atoms with Gasteiger partial charge in [0.1, 0.15) is 23.1 Å². The minimum atomic E-state index is -1.46. The van der Waals surface area contributed by atoms with Gasteiger partial charge in [0.25, 0.3) is 0 Å². The molecule has 4 rings (SSSR count). The number of aliphatic hydroxyl groups is 2. The normalized spacial score (nSPS) is 19.5. The molecule has 0 amide bonds. The Kier molecular flexibility index (Phi) is 6.66. The van der Waals surface area contributed by atoms with Gasteiger partial charge >= 0.3 is 0 Å². The lowest BCUT2D eigenvalue weighted by molar-refractivity contribution is -0.209. The van der Waals surface area contributed by atoms with Gasteiger partial charge in [-0.3, -0.25) is 4.98 Å². The summed E-state index contributed by atoms with van der Waals surface area (Å²) in [6.07, 6.45) is 0.748. The van der Waals surface area contributed by atoms with E-state index >= 15 is 0 Å². The Morgan fingerprint density at radius 3 is 2.44 bits per heavy atom. The van der Waals surface area contributed by atoms with Crippen molar-refractivity contribution in [3.8, 4) is 11.3 Å². The molecule has 0 radical (unpaired) electrons. The summed E-state index contributed by atoms with van der Waals surface area (Å²) in [6.45, 7) is 0.527. The van der Waals surface area contributed by atoms with Crippen LogP contribution >= 0.6 is 0 Å². The monoisotopic (exact) mass is 447 g/mol. The zero-order chi connectivity index (χ0) is 22.7. The van der Waals surface area contributed by atoms with Gasteiger partial charge in [-0.05, 0) is 30.3 Å². The Labute approximate surface area is 181 Å². The number of hydrogen-bond donors (Lipinski definition) is 3. The first kappa shape index (κ1) is 22.2. The topological polar surface area (TPSA) is 96.7 Å². The Morgan fingerprint density at radius 2 is 1.75 bits per heavy atom. The minimum absolute atomic E-state index is 0.0614. The second-order valence-electron chi connectivity index (χ2n) is 7.22. The van der Waals surface area contributed by atoms with Gasteiger partial charge in [0.15, 0.2) is 12.5 Å². The predicted octanol–water partition coefficient (Wildman–Crippen LogP) is 3.32. The van der Waals surface area contributed by atoms with E-state index in [2.05, 4.69) is 15.3 Å². The molecule has 1 aromatic carbocycles. The first-order valence-corrected chi connectivity index (χ1v) is 9.81. The van der Waals surface area contributed by atoms with Crippen molar-refractivity contribution in [2.45, 2.75) is 12.5 Å². The van der Waals surface area contributed by atoms with E-state index in [1.807, 2.05) is 0 Å².